The third-order valence-corrected chi connectivity index (χ3v) is 2.66. The third kappa shape index (κ3) is 1.58. The summed E-state index contributed by atoms with van der Waals surface area (Å²) in [5.74, 6) is 0.512. The number of nitrogens with two attached hydrogens (primary N) is 1. The SMILES string of the molecule is Cc1nn(-c2ccnc(N)c2)c(C)c1C. The monoisotopic (exact) mass is 202 g/mol. The van der Waals surface area contributed by atoms with E-state index < -0.39 is 0 Å². The lowest BCUT2D eigenvalue weighted by molar-refractivity contribution is 0.832. The number of hydrogen-bond donors (Lipinski definition) is 1. The van der Waals surface area contributed by atoms with Gasteiger partial charge in [0.25, 0.3) is 0 Å². The Bertz CT molecular complexity index is 499. The van der Waals surface area contributed by atoms with Gasteiger partial charge >= 0.3 is 0 Å². The van der Waals surface area contributed by atoms with Gasteiger partial charge in [0.2, 0.25) is 0 Å². The van der Waals surface area contributed by atoms with Gasteiger partial charge in [-0.15, -0.1) is 0 Å². The lowest BCUT2D eigenvalue weighted by Crippen LogP contribution is -2.01. The Morgan fingerprint density at radius 1 is 1.27 bits per heavy atom. The highest BCUT2D eigenvalue weighted by molar-refractivity contribution is 5.43. The van der Waals surface area contributed by atoms with Gasteiger partial charge in [-0.05, 0) is 32.4 Å². The average Bonchev–Trinajstić information content (AvgIpc) is 2.46. The number of rotatable bonds is 1. The van der Waals surface area contributed by atoms with E-state index in [4.69, 9.17) is 5.73 Å². The molecule has 4 heteroatoms. The topological polar surface area (TPSA) is 56.7 Å². The normalized spacial score (nSPS) is 10.6. The molecule has 0 saturated carbocycles. The van der Waals surface area contributed by atoms with Crippen LogP contribution in [0.5, 0.6) is 0 Å². The van der Waals surface area contributed by atoms with Gasteiger partial charge < -0.3 is 5.73 Å². The molecule has 0 aliphatic heterocycles. The van der Waals surface area contributed by atoms with Crippen LogP contribution in [0.3, 0.4) is 0 Å². The summed E-state index contributed by atoms with van der Waals surface area (Å²) in [5.41, 5.74) is 9.99. The van der Waals surface area contributed by atoms with Crippen molar-refractivity contribution in [2.75, 3.05) is 5.73 Å². The predicted molar refractivity (Wildman–Crippen MR) is 60.0 cm³/mol. The largest absolute Gasteiger partial charge is 0.384 e. The molecule has 0 aliphatic carbocycles. The van der Waals surface area contributed by atoms with Crippen LogP contribution in [0.25, 0.3) is 5.69 Å². The van der Waals surface area contributed by atoms with Crippen LogP contribution >= 0.6 is 0 Å². The zero-order chi connectivity index (χ0) is 11.0. The van der Waals surface area contributed by atoms with E-state index in [0.29, 0.717) is 5.82 Å². The molecular weight excluding hydrogens is 188 g/mol. The fraction of sp³-hybridized carbons (Fsp3) is 0.273. The van der Waals surface area contributed by atoms with Crippen LogP contribution in [-0.4, -0.2) is 14.8 Å². The summed E-state index contributed by atoms with van der Waals surface area (Å²) >= 11 is 0. The number of pyridine rings is 1. The maximum Gasteiger partial charge on any atom is 0.125 e. The fourth-order valence-corrected chi connectivity index (χ4v) is 1.54. The van der Waals surface area contributed by atoms with Crippen LogP contribution in [0.15, 0.2) is 18.3 Å². The molecule has 15 heavy (non-hydrogen) atoms. The summed E-state index contributed by atoms with van der Waals surface area (Å²) in [6.45, 7) is 6.12. The fourth-order valence-electron chi connectivity index (χ4n) is 1.54. The summed E-state index contributed by atoms with van der Waals surface area (Å²) in [6, 6.07) is 3.72. The molecule has 4 nitrogen and oxygen atoms in total. The van der Waals surface area contributed by atoms with E-state index in [2.05, 4.69) is 17.0 Å². The summed E-state index contributed by atoms with van der Waals surface area (Å²) in [6.07, 6.45) is 1.69. The maximum atomic E-state index is 5.64. The molecular formula is C11H14N4. The summed E-state index contributed by atoms with van der Waals surface area (Å²) in [4.78, 5) is 3.96. The molecule has 0 amide bonds. The lowest BCUT2D eigenvalue weighted by Gasteiger charge is -2.04. The number of aryl methyl sites for hydroxylation is 1. The number of nitrogen functional groups attached to an aromatic ring is 1. The first-order chi connectivity index (χ1) is 7.09. The van der Waals surface area contributed by atoms with Gasteiger partial charge in [0, 0.05) is 18.0 Å². The van der Waals surface area contributed by atoms with Crippen LogP contribution in [0, 0.1) is 20.8 Å². The Labute approximate surface area is 88.8 Å². The highest BCUT2D eigenvalue weighted by atomic mass is 15.3. The van der Waals surface area contributed by atoms with Crippen molar-refractivity contribution in [2.24, 2.45) is 0 Å². The first-order valence-electron chi connectivity index (χ1n) is 4.84. The zero-order valence-electron chi connectivity index (χ0n) is 9.15. The van der Waals surface area contributed by atoms with Crippen LogP contribution in [0.4, 0.5) is 5.82 Å². The molecule has 78 valence electrons. The molecule has 0 fully saturated rings. The minimum absolute atomic E-state index is 0.512. The first-order valence-corrected chi connectivity index (χ1v) is 4.84. The van der Waals surface area contributed by atoms with E-state index in [-0.39, 0.29) is 0 Å². The Balaban J connectivity index is 2.59. The van der Waals surface area contributed by atoms with Crippen molar-refractivity contribution in [2.45, 2.75) is 20.8 Å². The van der Waals surface area contributed by atoms with Gasteiger partial charge in [-0.2, -0.15) is 5.10 Å². The van der Waals surface area contributed by atoms with Crippen LogP contribution in [0.2, 0.25) is 0 Å². The summed E-state index contributed by atoms with van der Waals surface area (Å²) in [7, 11) is 0. The average molecular weight is 202 g/mol. The number of hydrogen-bond acceptors (Lipinski definition) is 3. The maximum absolute atomic E-state index is 5.64. The van der Waals surface area contributed by atoms with Crippen molar-refractivity contribution < 1.29 is 0 Å². The summed E-state index contributed by atoms with van der Waals surface area (Å²) < 4.78 is 1.89. The molecule has 0 spiro atoms. The van der Waals surface area contributed by atoms with E-state index in [0.717, 1.165) is 17.1 Å². The van der Waals surface area contributed by atoms with Crippen LogP contribution in [0.1, 0.15) is 17.0 Å². The summed E-state index contributed by atoms with van der Waals surface area (Å²) in [5, 5.41) is 4.45. The van der Waals surface area contributed by atoms with Crippen molar-refractivity contribution in [1.29, 1.82) is 0 Å². The van der Waals surface area contributed by atoms with Gasteiger partial charge in [-0.3, -0.25) is 0 Å². The molecule has 0 aliphatic rings. The quantitative estimate of drug-likeness (QED) is 0.766. The Kier molecular flexibility index (Phi) is 2.19. The molecule has 2 rings (SSSR count). The highest BCUT2D eigenvalue weighted by Crippen LogP contribution is 2.17. The Morgan fingerprint density at radius 2 is 2.00 bits per heavy atom. The second-order valence-electron chi connectivity index (χ2n) is 3.65. The van der Waals surface area contributed by atoms with E-state index in [1.807, 2.05) is 30.7 Å². The van der Waals surface area contributed by atoms with E-state index in [1.54, 1.807) is 6.20 Å². The van der Waals surface area contributed by atoms with E-state index in [1.165, 1.54) is 5.56 Å². The molecule has 2 aromatic heterocycles. The van der Waals surface area contributed by atoms with Crippen molar-refractivity contribution >= 4 is 5.82 Å². The van der Waals surface area contributed by atoms with Crippen LogP contribution < -0.4 is 5.73 Å². The number of anilines is 1. The van der Waals surface area contributed by atoms with Crippen molar-refractivity contribution in [1.82, 2.24) is 14.8 Å². The molecule has 0 radical (unpaired) electrons. The van der Waals surface area contributed by atoms with Crippen molar-refractivity contribution in [3.05, 3.63) is 35.3 Å². The highest BCUT2D eigenvalue weighted by Gasteiger charge is 2.08. The smallest absolute Gasteiger partial charge is 0.125 e. The van der Waals surface area contributed by atoms with Gasteiger partial charge in [0.05, 0.1) is 11.4 Å². The predicted octanol–water partition coefficient (Wildman–Crippen LogP) is 1.77. The minimum atomic E-state index is 0.512. The van der Waals surface area contributed by atoms with Crippen molar-refractivity contribution in [3.63, 3.8) is 0 Å². The first kappa shape index (κ1) is 9.71. The van der Waals surface area contributed by atoms with Gasteiger partial charge in [-0.1, -0.05) is 0 Å². The van der Waals surface area contributed by atoms with E-state index in [9.17, 15) is 0 Å². The Hall–Kier alpha value is -1.84. The van der Waals surface area contributed by atoms with E-state index >= 15 is 0 Å². The molecule has 0 saturated heterocycles. The van der Waals surface area contributed by atoms with Gasteiger partial charge in [-0.25, -0.2) is 9.67 Å². The molecule has 0 aromatic carbocycles. The molecule has 2 N–H and O–H groups in total. The lowest BCUT2D eigenvalue weighted by atomic mass is 10.2. The molecule has 2 aromatic rings. The zero-order valence-corrected chi connectivity index (χ0v) is 9.15. The second kappa shape index (κ2) is 3.38. The molecule has 0 bridgehead atoms. The second-order valence-corrected chi connectivity index (χ2v) is 3.65. The third-order valence-electron chi connectivity index (χ3n) is 2.66. The number of nitrogens with zero attached hydrogens (tertiary/aromatic N) is 3. The molecule has 2 heterocycles. The molecule has 0 atom stereocenters. The van der Waals surface area contributed by atoms with Gasteiger partial charge in [0.1, 0.15) is 5.82 Å². The van der Waals surface area contributed by atoms with Crippen LogP contribution in [-0.2, 0) is 0 Å². The number of aromatic nitrogens is 3. The Morgan fingerprint density at radius 3 is 2.53 bits per heavy atom. The van der Waals surface area contributed by atoms with Crippen molar-refractivity contribution in [3.8, 4) is 5.69 Å². The minimum Gasteiger partial charge on any atom is -0.384 e. The van der Waals surface area contributed by atoms with Gasteiger partial charge in [0.15, 0.2) is 0 Å². The molecule has 0 unspecified atom stereocenters. The standard InChI is InChI=1S/C11H14N4/c1-7-8(2)14-15(9(7)3)10-4-5-13-11(12)6-10/h4-6H,1-3H3,(H2,12,13).